The van der Waals surface area contributed by atoms with Gasteiger partial charge >= 0.3 is 5.97 Å². The number of carbonyl (C=O) groups excluding carboxylic acids is 1. The molecule has 10 atom stereocenters. The van der Waals surface area contributed by atoms with Crippen molar-refractivity contribution in [1.82, 2.24) is 0 Å². The molecule has 5 rings (SSSR count). The summed E-state index contributed by atoms with van der Waals surface area (Å²) in [6.07, 6.45) is 14.8. The molecule has 4 aliphatic heterocycles. The molecule has 5 aliphatic rings. The van der Waals surface area contributed by atoms with E-state index in [1.54, 1.807) is 13.0 Å². The van der Waals surface area contributed by atoms with Crippen molar-refractivity contribution in [2.45, 2.75) is 115 Å². The van der Waals surface area contributed by atoms with Gasteiger partial charge in [-0.25, -0.2) is 0 Å². The van der Waals surface area contributed by atoms with Crippen molar-refractivity contribution in [3.63, 3.8) is 0 Å². The first-order valence-electron chi connectivity index (χ1n) is 14.4. The van der Waals surface area contributed by atoms with E-state index in [2.05, 4.69) is 39.0 Å². The largest absolute Gasteiger partial charge is 0.462 e. The van der Waals surface area contributed by atoms with E-state index in [1.165, 1.54) is 0 Å². The molecule has 1 spiro atoms. The van der Waals surface area contributed by atoms with E-state index < -0.39 is 41.6 Å². The highest BCUT2D eigenvalue weighted by molar-refractivity contribution is 5.78. The van der Waals surface area contributed by atoms with E-state index in [1.807, 2.05) is 12.2 Å². The molecule has 1 aliphatic carbocycles. The lowest BCUT2D eigenvalue weighted by atomic mass is 9.71. The Kier molecular flexibility index (Phi) is 8.05. The van der Waals surface area contributed by atoms with Crippen LogP contribution in [0.2, 0.25) is 0 Å². The predicted molar refractivity (Wildman–Crippen MR) is 143 cm³/mol. The summed E-state index contributed by atoms with van der Waals surface area (Å²) in [6, 6.07) is 0. The highest BCUT2D eigenvalue weighted by atomic mass is 16.7. The van der Waals surface area contributed by atoms with Gasteiger partial charge < -0.3 is 29.2 Å². The molecule has 0 radical (unpaired) electrons. The van der Waals surface area contributed by atoms with Crippen LogP contribution < -0.4 is 0 Å². The van der Waals surface area contributed by atoms with E-state index in [0.29, 0.717) is 35.8 Å². The molecular formula is C31H44O7. The Morgan fingerprint density at radius 2 is 1.92 bits per heavy atom. The predicted octanol–water partition coefficient (Wildman–Crippen LogP) is 4.53. The van der Waals surface area contributed by atoms with Gasteiger partial charge in [-0.2, -0.15) is 0 Å². The number of carbonyl (C=O) groups is 1. The fourth-order valence-corrected chi connectivity index (χ4v) is 6.87. The topological polar surface area (TPSA) is 94.5 Å². The molecule has 3 saturated heterocycles. The number of fused-ring (bicyclic) bond motifs is 2. The number of hydrogen-bond donors (Lipinski definition) is 2. The molecule has 0 aromatic rings. The number of ether oxygens (including phenoxy) is 4. The average Bonchev–Trinajstić information content (AvgIpc) is 3.22. The molecule has 0 saturated carbocycles. The van der Waals surface area contributed by atoms with Crippen LogP contribution in [0.3, 0.4) is 0 Å². The second kappa shape index (κ2) is 11.0. The number of esters is 1. The number of hydrogen-bond acceptors (Lipinski definition) is 7. The first-order chi connectivity index (χ1) is 18.1. The summed E-state index contributed by atoms with van der Waals surface area (Å²) in [5, 5.41) is 22.8. The van der Waals surface area contributed by atoms with Gasteiger partial charge in [0.05, 0.1) is 18.8 Å². The third kappa shape index (κ3) is 5.20. The molecule has 2 N–H and O–H groups in total. The molecule has 3 fully saturated rings. The van der Waals surface area contributed by atoms with Gasteiger partial charge in [0.15, 0.2) is 5.79 Å². The maximum atomic E-state index is 13.8. The third-order valence-electron chi connectivity index (χ3n) is 9.20. The Hall–Kier alpha value is -1.77. The lowest BCUT2D eigenvalue weighted by molar-refractivity contribution is -0.335. The molecule has 38 heavy (non-hydrogen) atoms. The Bertz CT molecular complexity index is 1010. The molecule has 2 bridgehead atoms. The molecule has 1 unspecified atom stereocenters. The molecule has 7 heteroatoms. The van der Waals surface area contributed by atoms with Crippen molar-refractivity contribution in [1.29, 1.82) is 0 Å². The second-order valence-electron chi connectivity index (χ2n) is 12.1. The van der Waals surface area contributed by atoms with Crippen LogP contribution in [-0.2, 0) is 23.7 Å². The molecule has 4 heterocycles. The summed E-state index contributed by atoms with van der Waals surface area (Å²) >= 11 is 0. The van der Waals surface area contributed by atoms with Crippen molar-refractivity contribution in [3.05, 3.63) is 47.6 Å². The normalized spacial score (nSPS) is 48.8. The maximum absolute atomic E-state index is 13.8. The van der Waals surface area contributed by atoms with E-state index in [0.717, 1.165) is 32.1 Å². The molecule has 210 valence electrons. The Labute approximate surface area is 226 Å². The second-order valence-corrected chi connectivity index (χ2v) is 12.1. The van der Waals surface area contributed by atoms with Crippen LogP contribution in [0.5, 0.6) is 0 Å². The summed E-state index contributed by atoms with van der Waals surface area (Å²) in [5.41, 5.74) is -0.495. The van der Waals surface area contributed by atoms with Crippen LogP contribution in [-0.4, -0.2) is 64.7 Å². The van der Waals surface area contributed by atoms with Gasteiger partial charge in [-0.05, 0) is 55.6 Å². The van der Waals surface area contributed by atoms with Gasteiger partial charge in [0.1, 0.15) is 29.8 Å². The monoisotopic (exact) mass is 528 g/mol. The van der Waals surface area contributed by atoms with E-state index >= 15 is 0 Å². The number of allylic oxidation sites excluding steroid dienone is 4. The van der Waals surface area contributed by atoms with Gasteiger partial charge in [-0.1, -0.05) is 57.2 Å². The Balaban J connectivity index is 1.49. The van der Waals surface area contributed by atoms with Crippen LogP contribution in [0.4, 0.5) is 0 Å². The molecule has 0 amide bonds. The number of aliphatic hydroxyl groups excluding tert-OH is 1. The fraction of sp³-hybridized carbons (Fsp3) is 0.710. The first-order valence-corrected chi connectivity index (χ1v) is 14.4. The van der Waals surface area contributed by atoms with Gasteiger partial charge in [0.25, 0.3) is 0 Å². The zero-order valence-electron chi connectivity index (χ0n) is 23.2. The first kappa shape index (κ1) is 27.8. The van der Waals surface area contributed by atoms with Crippen molar-refractivity contribution in [2.75, 3.05) is 6.61 Å². The number of rotatable bonds is 1. The summed E-state index contributed by atoms with van der Waals surface area (Å²) in [6.45, 7) is 8.41. The van der Waals surface area contributed by atoms with Crippen LogP contribution in [0.1, 0.15) is 72.6 Å². The highest BCUT2D eigenvalue weighted by Gasteiger charge is 2.60. The minimum Gasteiger partial charge on any atom is -0.462 e. The van der Waals surface area contributed by atoms with Crippen molar-refractivity contribution < 1.29 is 34.0 Å². The molecule has 7 nitrogen and oxygen atoms in total. The smallest absolute Gasteiger partial charge is 0.316 e. The SMILES string of the molecule is CCC1O[C@]2(CC[C@@H]1C)C[C@@H]1C[C@@H](C/C=C/C[C@@H](C)/C=C/C=C3\CO[C@@H]4[C@H](O)C(C)=C[C@@H](C(=O)O1)[C@@]34O)O2. The summed E-state index contributed by atoms with van der Waals surface area (Å²) in [7, 11) is 0. The summed E-state index contributed by atoms with van der Waals surface area (Å²) in [4.78, 5) is 13.8. The van der Waals surface area contributed by atoms with Crippen molar-refractivity contribution >= 4 is 5.97 Å². The van der Waals surface area contributed by atoms with Gasteiger partial charge in [0, 0.05) is 19.3 Å². The minimum absolute atomic E-state index is 0.107. The van der Waals surface area contributed by atoms with Crippen LogP contribution in [0.25, 0.3) is 0 Å². The average molecular weight is 529 g/mol. The summed E-state index contributed by atoms with van der Waals surface area (Å²) in [5.74, 6) is -1.50. The van der Waals surface area contributed by atoms with Crippen molar-refractivity contribution in [2.24, 2.45) is 17.8 Å². The summed E-state index contributed by atoms with van der Waals surface area (Å²) < 4.78 is 25.3. The minimum atomic E-state index is -1.67. The van der Waals surface area contributed by atoms with Crippen LogP contribution in [0, 0.1) is 17.8 Å². The quantitative estimate of drug-likeness (QED) is 0.381. The lowest BCUT2D eigenvalue weighted by Gasteiger charge is -2.49. The highest BCUT2D eigenvalue weighted by Crippen LogP contribution is 2.47. The van der Waals surface area contributed by atoms with Crippen LogP contribution >= 0.6 is 0 Å². The van der Waals surface area contributed by atoms with E-state index in [9.17, 15) is 15.0 Å². The van der Waals surface area contributed by atoms with Gasteiger partial charge in [-0.15, -0.1) is 0 Å². The number of aliphatic hydroxyl groups is 2. The third-order valence-corrected chi connectivity index (χ3v) is 9.20. The van der Waals surface area contributed by atoms with Gasteiger partial charge in [-0.3, -0.25) is 4.79 Å². The van der Waals surface area contributed by atoms with E-state index in [-0.39, 0.29) is 18.8 Å². The molecular weight excluding hydrogens is 484 g/mol. The van der Waals surface area contributed by atoms with Crippen molar-refractivity contribution in [3.8, 4) is 0 Å². The Morgan fingerprint density at radius 3 is 2.71 bits per heavy atom. The molecule has 0 aromatic heterocycles. The standard InChI is InChI=1S/C31H44O7/c1-5-26-20(3)13-14-30(38-26)17-24-16-23(37-30)12-7-6-9-19(2)10-8-11-22-18-35-28-27(32)21(4)15-25(29(33)36-24)31(22,28)34/h6-8,10-11,15,19-20,23-28,32,34H,5,9,12-14,16-18H2,1-4H3/b7-6+,10-8+,22-11+/t19-,20+,23-,24+,25+,26?,27-,28-,30-,31+/m1/s1. The maximum Gasteiger partial charge on any atom is 0.316 e. The lowest BCUT2D eigenvalue weighted by Crippen LogP contribution is -2.58. The fourth-order valence-electron chi connectivity index (χ4n) is 6.87. The van der Waals surface area contributed by atoms with Crippen LogP contribution in [0.15, 0.2) is 47.6 Å². The molecule has 0 aromatic carbocycles. The zero-order valence-corrected chi connectivity index (χ0v) is 23.2. The van der Waals surface area contributed by atoms with Gasteiger partial charge in [0.2, 0.25) is 0 Å². The zero-order chi connectivity index (χ0) is 27.1. The van der Waals surface area contributed by atoms with E-state index in [4.69, 9.17) is 18.9 Å². The Morgan fingerprint density at radius 1 is 1.13 bits per heavy atom.